The molecule has 1 fully saturated rings. The number of rotatable bonds is 4. The Labute approximate surface area is 124 Å². The minimum Gasteiger partial charge on any atom is -0.363 e. The van der Waals surface area contributed by atoms with Crippen LogP contribution in [-0.2, 0) is 26.1 Å². The van der Waals surface area contributed by atoms with Gasteiger partial charge in [0.15, 0.2) is 5.60 Å². The number of hydrogen-bond acceptors (Lipinski definition) is 5. The van der Waals surface area contributed by atoms with Gasteiger partial charge in [-0.1, -0.05) is 6.07 Å². The number of amides is 1. The molecule has 1 aromatic heterocycles. The van der Waals surface area contributed by atoms with Crippen molar-refractivity contribution < 1.29 is 17.9 Å². The number of sulfonamides is 1. The van der Waals surface area contributed by atoms with Crippen molar-refractivity contribution >= 4 is 15.9 Å². The van der Waals surface area contributed by atoms with E-state index in [-0.39, 0.29) is 25.6 Å². The molecule has 1 amide bonds. The molecule has 1 N–H and O–H groups in total. The van der Waals surface area contributed by atoms with Crippen LogP contribution in [0.1, 0.15) is 12.5 Å². The SMILES string of the molecule is C[C@]1(C(=O)NCc2cccnc2)CN(S(C)(=O)=O)CCO1. The predicted molar refractivity (Wildman–Crippen MR) is 76.9 cm³/mol. The molecule has 2 rings (SSSR count). The van der Waals surface area contributed by atoms with Crippen molar-refractivity contribution in [2.75, 3.05) is 26.0 Å². The fourth-order valence-corrected chi connectivity index (χ4v) is 3.01. The molecular formula is C13H19N3O4S. The van der Waals surface area contributed by atoms with Gasteiger partial charge in [0.1, 0.15) is 0 Å². The van der Waals surface area contributed by atoms with E-state index in [1.807, 2.05) is 6.07 Å². The average molecular weight is 313 g/mol. The maximum atomic E-state index is 12.3. The van der Waals surface area contributed by atoms with Gasteiger partial charge < -0.3 is 10.1 Å². The lowest BCUT2D eigenvalue weighted by molar-refractivity contribution is -0.152. The summed E-state index contributed by atoms with van der Waals surface area (Å²) >= 11 is 0. The van der Waals surface area contributed by atoms with E-state index in [1.165, 1.54) is 4.31 Å². The van der Waals surface area contributed by atoms with Crippen LogP contribution in [0.25, 0.3) is 0 Å². The summed E-state index contributed by atoms with van der Waals surface area (Å²) in [6.45, 7) is 2.41. The summed E-state index contributed by atoms with van der Waals surface area (Å²) in [6, 6.07) is 3.63. The Balaban J connectivity index is 2.00. The van der Waals surface area contributed by atoms with E-state index in [1.54, 1.807) is 25.4 Å². The largest absolute Gasteiger partial charge is 0.363 e. The Morgan fingerprint density at radius 3 is 2.95 bits per heavy atom. The van der Waals surface area contributed by atoms with Gasteiger partial charge in [0, 0.05) is 25.5 Å². The van der Waals surface area contributed by atoms with E-state index in [0.29, 0.717) is 6.54 Å². The fourth-order valence-electron chi connectivity index (χ4n) is 2.13. The van der Waals surface area contributed by atoms with Crippen LogP contribution in [-0.4, -0.2) is 55.2 Å². The minimum atomic E-state index is -3.33. The summed E-state index contributed by atoms with van der Waals surface area (Å²) in [7, 11) is -3.33. The molecule has 0 aromatic carbocycles. The topological polar surface area (TPSA) is 88.6 Å². The first kappa shape index (κ1) is 15.9. The fraction of sp³-hybridized carbons (Fsp3) is 0.538. The molecule has 116 valence electrons. The molecular weight excluding hydrogens is 294 g/mol. The van der Waals surface area contributed by atoms with Gasteiger partial charge in [-0.25, -0.2) is 8.42 Å². The smallest absolute Gasteiger partial charge is 0.253 e. The van der Waals surface area contributed by atoms with Crippen LogP contribution in [0, 0.1) is 0 Å². The van der Waals surface area contributed by atoms with Gasteiger partial charge in [-0.05, 0) is 18.6 Å². The summed E-state index contributed by atoms with van der Waals surface area (Å²) in [5.41, 5.74) is -0.311. The van der Waals surface area contributed by atoms with Crippen molar-refractivity contribution in [2.45, 2.75) is 19.1 Å². The van der Waals surface area contributed by atoms with Crippen LogP contribution >= 0.6 is 0 Å². The predicted octanol–water partition coefficient (Wildman–Crippen LogP) is -0.252. The Bertz CT molecular complexity index is 605. The van der Waals surface area contributed by atoms with Gasteiger partial charge in [-0.2, -0.15) is 4.31 Å². The van der Waals surface area contributed by atoms with E-state index in [9.17, 15) is 13.2 Å². The molecule has 1 atom stereocenters. The zero-order chi connectivity index (χ0) is 15.5. The maximum Gasteiger partial charge on any atom is 0.253 e. The summed E-state index contributed by atoms with van der Waals surface area (Å²) in [4.78, 5) is 16.3. The van der Waals surface area contributed by atoms with Crippen LogP contribution < -0.4 is 5.32 Å². The lowest BCUT2D eigenvalue weighted by Crippen LogP contribution is -2.59. The molecule has 21 heavy (non-hydrogen) atoms. The highest BCUT2D eigenvalue weighted by Crippen LogP contribution is 2.20. The van der Waals surface area contributed by atoms with E-state index < -0.39 is 15.6 Å². The molecule has 0 bridgehead atoms. The number of morpholine rings is 1. The van der Waals surface area contributed by atoms with Gasteiger partial charge in [0.2, 0.25) is 10.0 Å². The summed E-state index contributed by atoms with van der Waals surface area (Å²) in [5, 5.41) is 2.76. The summed E-state index contributed by atoms with van der Waals surface area (Å²) < 4.78 is 30.0. The highest BCUT2D eigenvalue weighted by Gasteiger charge is 2.41. The molecule has 1 aliphatic rings. The molecule has 0 aliphatic carbocycles. The Morgan fingerprint density at radius 1 is 1.57 bits per heavy atom. The number of hydrogen-bond donors (Lipinski definition) is 1. The van der Waals surface area contributed by atoms with E-state index >= 15 is 0 Å². The van der Waals surface area contributed by atoms with Crippen LogP contribution in [0.5, 0.6) is 0 Å². The van der Waals surface area contributed by atoms with E-state index in [0.717, 1.165) is 11.8 Å². The molecule has 1 aromatic rings. The monoisotopic (exact) mass is 313 g/mol. The number of aromatic nitrogens is 1. The van der Waals surface area contributed by atoms with Crippen molar-refractivity contribution in [3.63, 3.8) is 0 Å². The standard InChI is InChI=1S/C13H19N3O4S/c1-13(10-16(6-7-20-13)21(2,18)19)12(17)15-9-11-4-3-5-14-8-11/h3-5,8H,6-7,9-10H2,1-2H3,(H,15,17)/t13-/m1/s1. The maximum absolute atomic E-state index is 12.3. The third-order valence-electron chi connectivity index (χ3n) is 3.36. The zero-order valence-corrected chi connectivity index (χ0v) is 12.9. The average Bonchev–Trinajstić information content (AvgIpc) is 2.45. The first-order valence-electron chi connectivity index (χ1n) is 6.57. The van der Waals surface area contributed by atoms with Gasteiger partial charge in [0.25, 0.3) is 5.91 Å². The van der Waals surface area contributed by atoms with E-state index in [2.05, 4.69) is 10.3 Å². The highest BCUT2D eigenvalue weighted by atomic mass is 32.2. The highest BCUT2D eigenvalue weighted by molar-refractivity contribution is 7.88. The van der Waals surface area contributed by atoms with Crippen LogP contribution in [0.4, 0.5) is 0 Å². The Hall–Kier alpha value is -1.51. The number of carbonyl (C=O) groups is 1. The summed E-state index contributed by atoms with van der Waals surface area (Å²) in [6.07, 6.45) is 4.44. The van der Waals surface area contributed by atoms with Crippen molar-refractivity contribution in [3.05, 3.63) is 30.1 Å². The zero-order valence-electron chi connectivity index (χ0n) is 12.1. The molecule has 1 saturated heterocycles. The number of pyridine rings is 1. The van der Waals surface area contributed by atoms with Crippen molar-refractivity contribution in [2.24, 2.45) is 0 Å². The molecule has 2 heterocycles. The number of nitrogens with zero attached hydrogens (tertiary/aromatic N) is 2. The quantitative estimate of drug-likeness (QED) is 0.828. The van der Waals surface area contributed by atoms with Gasteiger partial charge >= 0.3 is 0 Å². The number of carbonyl (C=O) groups excluding carboxylic acids is 1. The number of nitrogens with one attached hydrogen (secondary N) is 1. The second kappa shape index (κ2) is 6.08. The minimum absolute atomic E-state index is 0.0186. The molecule has 0 saturated carbocycles. The molecule has 8 heteroatoms. The molecule has 0 spiro atoms. The first-order valence-corrected chi connectivity index (χ1v) is 8.42. The van der Waals surface area contributed by atoms with Crippen molar-refractivity contribution in [1.82, 2.24) is 14.6 Å². The van der Waals surface area contributed by atoms with Crippen LogP contribution in [0.15, 0.2) is 24.5 Å². The second-order valence-corrected chi connectivity index (χ2v) is 7.20. The third-order valence-corrected chi connectivity index (χ3v) is 4.61. The number of ether oxygens (including phenoxy) is 1. The summed E-state index contributed by atoms with van der Waals surface area (Å²) in [5.74, 6) is -0.334. The van der Waals surface area contributed by atoms with E-state index in [4.69, 9.17) is 4.74 Å². The van der Waals surface area contributed by atoms with Gasteiger partial charge in [-0.3, -0.25) is 9.78 Å². The molecule has 0 radical (unpaired) electrons. The van der Waals surface area contributed by atoms with Crippen LogP contribution in [0.3, 0.4) is 0 Å². The van der Waals surface area contributed by atoms with Gasteiger partial charge in [-0.15, -0.1) is 0 Å². The first-order chi connectivity index (χ1) is 9.81. The Kier molecular flexibility index (Phi) is 4.60. The lowest BCUT2D eigenvalue weighted by atomic mass is 10.0. The lowest BCUT2D eigenvalue weighted by Gasteiger charge is -2.37. The van der Waals surface area contributed by atoms with Crippen molar-refractivity contribution in [1.29, 1.82) is 0 Å². The molecule has 1 aliphatic heterocycles. The normalized spacial score (nSPS) is 23.7. The second-order valence-electron chi connectivity index (χ2n) is 5.22. The third kappa shape index (κ3) is 3.99. The Morgan fingerprint density at radius 2 is 2.33 bits per heavy atom. The van der Waals surface area contributed by atoms with Gasteiger partial charge in [0.05, 0.1) is 19.4 Å². The molecule has 0 unspecified atom stereocenters. The molecule has 7 nitrogen and oxygen atoms in total. The van der Waals surface area contributed by atoms with Crippen molar-refractivity contribution in [3.8, 4) is 0 Å². The van der Waals surface area contributed by atoms with Crippen LogP contribution in [0.2, 0.25) is 0 Å².